The molecule has 0 saturated heterocycles. The van der Waals surface area contributed by atoms with E-state index in [1.165, 1.54) is 24.3 Å². The Kier molecular flexibility index (Phi) is 4.32. The lowest BCUT2D eigenvalue weighted by molar-refractivity contribution is 0.0696. The molecular weight excluding hydrogens is 323 g/mol. The lowest BCUT2D eigenvalue weighted by atomic mass is 10.2. The first kappa shape index (κ1) is 14.8. The number of aromatic hydroxyl groups is 2. The van der Waals surface area contributed by atoms with Crippen LogP contribution < -0.4 is 0 Å². The molecule has 2 aromatic rings. The first-order valence-electron chi connectivity index (χ1n) is 5.30. The highest BCUT2D eigenvalue weighted by Crippen LogP contribution is 2.41. The van der Waals surface area contributed by atoms with Gasteiger partial charge >= 0.3 is 5.97 Å². The third-order valence-corrected chi connectivity index (χ3v) is 4.06. The minimum atomic E-state index is -1.23. The van der Waals surface area contributed by atoms with Gasteiger partial charge < -0.3 is 15.3 Å². The second-order valence-electron chi connectivity index (χ2n) is 3.82. The van der Waals surface area contributed by atoms with Gasteiger partial charge in [-0.1, -0.05) is 35.0 Å². The van der Waals surface area contributed by atoms with E-state index in [1.807, 2.05) is 0 Å². The highest BCUT2D eigenvalue weighted by molar-refractivity contribution is 7.99. The monoisotopic (exact) mass is 330 g/mol. The van der Waals surface area contributed by atoms with Crippen LogP contribution in [0.5, 0.6) is 11.5 Å². The van der Waals surface area contributed by atoms with Gasteiger partial charge in [-0.2, -0.15) is 0 Å². The number of carboxylic acids is 1. The summed E-state index contributed by atoms with van der Waals surface area (Å²) in [5.41, 5.74) is -0.191. The summed E-state index contributed by atoms with van der Waals surface area (Å²) in [6.45, 7) is 0. The fourth-order valence-electron chi connectivity index (χ4n) is 1.48. The Hall–Kier alpha value is -1.56. The summed E-state index contributed by atoms with van der Waals surface area (Å²) < 4.78 is 0. The van der Waals surface area contributed by atoms with E-state index in [2.05, 4.69) is 0 Å². The SMILES string of the molecule is O=C(O)c1cc(O)c(Sc2cc(Cl)ccc2O)cc1Cl. The van der Waals surface area contributed by atoms with Crippen molar-refractivity contribution in [3.05, 3.63) is 45.9 Å². The van der Waals surface area contributed by atoms with Gasteiger partial charge in [0.2, 0.25) is 0 Å². The summed E-state index contributed by atoms with van der Waals surface area (Å²) in [5.74, 6) is -1.47. The fraction of sp³-hybridized carbons (Fsp3) is 0. The van der Waals surface area contributed by atoms with E-state index in [4.69, 9.17) is 28.3 Å². The third-order valence-electron chi connectivity index (χ3n) is 2.42. The first-order valence-corrected chi connectivity index (χ1v) is 6.88. The maximum atomic E-state index is 10.9. The normalized spacial score (nSPS) is 10.5. The van der Waals surface area contributed by atoms with Gasteiger partial charge in [0, 0.05) is 5.02 Å². The molecule has 0 unspecified atom stereocenters. The zero-order valence-corrected chi connectivity index (χ0v) is 12.1. The smallest absolute Gasteiger partial charge is 0.337 e. The number of aromatic carboxylic acids is 1. The van der Waals surface area contributed by atoms with E-state index >= 15 is 0 Å². The molecule has 104 valence electrons. The van der Waals surface area contributed by atoms with Crippen molar-refractivity contribution in [2.24, 2.45) is 0 Å². The van der Waals surface area contributed by atoms with Crippen LogP contribution in [0.15, 0.2) is 40.1 Å². The van der Waals surface area contributed by atoms with Crippen molar-refractivity contribution in [2.75, 3.05) is 0 Å². The number of carbonyl (C=O) groups is 1. The van der Waals surface area contributed by atoms with Crippen molar-refractivity contribution in [3.63, 3.8) is 0 Å². The molecule has 0 spiro atoms. The van der Waals surface area contributed by atoms with Crippen LogP contribution in [-0.4, -0.2) is 21.3 Å². The fourth-order valence-corrected chi connectivity index (χ4v) is 2.96. The molecule has 0 fully saturated rings. The standard InChI is InChI=1S/C13H8Cl2O4S/c14-6-1-2-9(16)11(3-6)20-12-5-8(15)7(13(18)19)4-10(12)17/h1-5,16-17H,(H,18,19). The van der Waals surface area contributed by atoms with E-state index in [1.54, 1.807) is 0 Å². The number of benzene rings is 2. The minimum Gasteiger partial charge on any atom is -0.507 e. The third kappa shape index (κ3) is 3.12. The van der Waals surface area contributed by atoms with Crippen LogP contribution in [0.4, 0.5) is 0 Å². The van der Waals surface area contributed by atoms with E-state index < -0.39 is 5.97 Å². The average Bonchev–Trinajstić information content (AvgIpc) is 2.37. The van der Waals surface area contributed by atoms with E-state index in [0.29, 0.717) is 14.8 Å². The first-order chi connectivity index (χ1) is 9.38. The number of rotatable bonds is 3. The van der Waals surface area contributed by atoms with Crippen LogP contribution in [0.1, 0.15) is 10.4 Å². The molecule has 0 atom stereocenters. The molecule has 2 rings (SSSR count). The number of halogens is 2. The van der Waals surface area contributed by atoms with Gasteiger partial charge in [0.25, 0.3) is 0 Å². The molecule has 20 heavy (non-hydrogen) atoms. The Balaban J connectivity index is 2.42. The average molecular weight is 331 g/mol. The molecule has 0 aliphatic heterocycles. The minimum absolute atomic E-state index is 0.000632. The Morgan fingerprint density at radius 2 is 1.65 bits per heavy atom. The highest BCUT2D eigenvalue weighted by Gasteiger charge is 2.15. The van der Waals surface area contributed by atoms with Gasteiger partial charge in [0.15, 0.2) is 0 Å². The maximum absolute atomic E-state index is 10.9. The summed E-state index contributed by atoms with van der Waals surface area (Å²) in [4.78, 5) is 11.6. The van der Waals surface area contributed by atoms with Gasteiger partial charge in [-0.15, -0.1) is 0 Å². The van der Waals surface area contributed by atoms with Crippen LogP contribution in [0.25, 0.3) is 0 Å². The maximum Gasteiger partial charge on any atom is 0.337 e. The number of hydrogen-bond acceptors (Lipinski definition) is 4. The molecule has 0 bridgehead atoms. The molecule has 0 amide bonds. The molecule has 0 heterocycles. The number of phenolic OH excluding ortho intramolecular Hbond substituents is 2. The van der Waals surface area contributed by atoms with Gasteiger partial charge in [-0.25, -0.2) is 4.79 Å². The topological polar surface area (TPSA) is 77.8 Å². The van der Waals surface area contributed by atoms with E-state index in [-0.39, 0.29) is 22.1 Å². The lowest BCUT2D eigenvalue weighted by Gasteiger charge is -2.09. The summed E-state index contributed by atoms with van der Waals surface area (Å²) in [6.07, 6.45) is 0. The Labute approximate surface area is 128 Å². The second kappa shape index (κ2) is 5.83. The summed E-state index contributed by atoms with van der Waals surface area (Å²) in [5, 5.41) is 28.9. The van der Waals surface area contributed by atoms with Crippen molar-refractivity contribution in [1.29, 1.82) is 0 Å². The molecule has 0 radical (unpaired) electrons. The van der Waals surface area contributed by atoms with Crippen LogP contribution >= 0.6 is 35.0 Å². The van der Waals surface area contributed by atoms with Gasteiger partial charge in [-0.3, -0.25) is 0 Å². The molecule has 3 N–H and O–H groups in total. The Bertz CT molecular complexity index is 688. The van der Waals surface area contributed by atoms with Gasteiger partial charge in [0.1, 0.15) is 11.5 Å². The zero-order valence-electron chi connectivity index (χ0n) is 9.80. The second-order valence-corrected chi connectivity index (χ2v) is 5.75. The van der Waals surface area contributed by atoms with Crippen LogP contribution in [0.3, 0.4) is 0 Å². The van der Waals surface area contributed by atoms with Gasteiger partial charge in [-0.05, 0) is 30.3 Å². The number of phenols is 2. The van der Waals surface area contributed by atoms with Crippen LogP contribution in [0.2, 0.25) is 10.0 Å². The summed E-state index contributed by atoms with van der Waals surface area (Å²) >= 11 is 12.7. The van der Waals surface area contributed by atoms with Crippen LogP contribution in [-0.2, 0) is 0 Å². The predicted molar refractivity (Wildman–Crippen MR) is 77.3 cm³/mol. The number of carboxylic acid groups (broad SMARTS) is 1. The van der Waals surface area contributed by atoms with Gasteiger partial charge in [0.05, 0.1) is 20.4 Å². The summed E-state index contributed by atoms with van der Waals surface area (Å²) in [6, 6.07) is 6.87. The van der Waals surface area contributed by atoms with E-state index in [0.717, 1.165) is 17.8 Å². The molecule has 7 heteroatoms. The Morgan fingerprint density at radius 1 is 1.00 bits per heavy atom. The van der Waals surface area contributed by atoms with Crippen LogP contribution in [0, 0.1) is 0 Å². The molecule has 2 aromatic carbocycles. The Morgan fingerprint density at radius 3 is 2.30 bits per heavy atom. The molecular formula is C13H8Cl2O4S. The lowest BCUT2D eigenvalue weighted by Crippen LogP contribution is -1.97. The largest absolute Gasteiger partial charge is 0.507 e. The highest BCUT2D eigenvalue weighted by atomic mass is 35.5. The van der Waals surface area contributed by atoms with E-state index in [9.17, 15) is 15.0 Å². The molecule has 4 nitrogen and oxygen atoms in total. The molecule has 0 aliphatic rings. The summed E-state index contributed by atoms with van der Waals surface area (Å²) in [7, 11) is 0. The molecule has 0 aliphatic carbocycles. The van der Waals surface area contributed by atoms with Crippen molar-refractivity contribution in [3.8, 4) is 11.5 Å². The predicted octanol–water partition coefficient (Wildman–Crippen LogP) is 4.25. The quantitative estimate of drug-likeness (QED) is 0.783. The van der Waals surface area contributed by atoms with Crippen molar-refractivity contribution in [1.82, 2.24) is 0 Å². The van der Waals surface area contributed by atoms with Crippen molar-refractivity contribution in [2.45, 2.75) is 9.79 Å². The number of hydrogen-bond donors (Lipinski definition) is 3. The van der Waals surface area contributed by atoms with Crippen molar-refractivity contribution < 1.29 is 20.1 Å². The van der Waals surface area contributed by atoms with Crippen molar-refractivity contribution >= 4 is 40.9 Å². The molecule has 0 saturated carbocycles. The zero-order chi connectivity index (χ0) is 14.9. The molecule has 0 aromatic heterocycles.